The smallest absolute Gasteiger partial charge is 0.188 e. The second-order valence-electron chi connectivity index (χ2n) is 4.20. The maximum absolute atomic E-state index is 11.7. The average Bonchev–Trinajstić information content (AvgIpc) is 2.16. The van der Waals surface area contributed by atoms with Gasteiger partial charge in [0.15, 0.2) is 5.96 Å². The van der Waals surface area contributed by atoms with Crippen molar-refractivity contribution in [1.29, 1.82) is 5.41 Å². The summed E-state index contributed by atoms with van der Waals surface area (Å²) in [4.78, 5) is 13.5. The number of Topliss-reactive ketones (excluding diaryl/α,β-unsaturated/α-hetero) is 1. The van der Waals surface area contributed by atoms with Crippen LogP contribution in [0.25, 0.3) is 0 Å². The number of likely N-dealkylation sites (tertiary alicyclic amines) is 1. The molecule has 0 amide bonds. The van der Waals surface area contributed by atoms with Crippen molar-refractivity contribution in [2.75, 3.05) is 13.1 Å². The van der Waals surface area contributed by atoms with E-state index < -0.39 is 0 Å². The number of ketones is 1. The summed E-state index contributed by atoms with van der Waals surface area (Å²) >= 11 is 0. The van der Waals surface area contributed by atoms with Crippen molar-refractivity contribution in [2.24, 2.45) is 17.6 Å². The Labute approximate surface area is 85.0 Å². The first-order valence-corrected chi connectivity index (χ1v) is 5.15. The van der Waals surface area contributed by atoms with Crippen LogP contribution in [0.1, 0.15) is 26.7 Å². The Hall–Kier alpha value is -1.06. The number of rotatable bonds is 2. The lowest BCUT2D eigenvalue weighted by Gasteiger charge is -2.32. The molecule has 3 N–H and O–H groups in total. The number of hydrogen-bond donors (Lipinski definition) is 2. The minimum atomic E-state index is 0.125. The van der Waals surface area contributed by atoms with Gasteiger partial charge in [-0.25, -0.2) is 0 Å². The second-order valence-corrected chi connectivity index (χ2v) is 4.20. The van der Waals surface area contributed by atoms with Crippen LogP contribution < -0.4 is 5.73 Å². The fraction of sp³-hybridized carbons (Fsp3) is 0.800. The molecule has 0 aliphatic carbocycles. The summed E-state index contributed by atoms with van der Waals surface area (Å²) in [7, 11) is 0. The van der Waals surface area contributed by atoms with Crippen LogP contribution >= 0.6 is 0 Å². The summed E-state index contributed by atoms with van der Waals surface area (Å²) in [5.41, 5.74) is 5.37. The molecule has 0 radical (unpaired) electrons. The molecule has 0 spiro atoms. The molecule has 4 heteroatoms. The lowest BCUT2D eigenvalue weighted by atomic mass is 9.87. The second kappa shape index (κ2) is 4.44. The van der Waals surface area contributed by atoms with E-state index in [0.717, 1.165) is 25.9 Å². The molecule has 1 heterocycles. The molecule has 0 atom stereocenters. The number of carbonyl (C=O) groups is 1. The first kappa shape index (κ1) is 11.0. The molecule has 0 bridgehead atoms. The molecule has 4 nitrogen and oxygen atoms in total. The van der Waals surface area contributed by atoms with Gasteiger partial charge >= 0.3 is 0 Å². The average molecular weight is 197 g/mol. The van der Waals surface area contributed by atoms with E-state index in [2.05, 4.69) is 0 Å². The van der Waals surface area contributed by atoms with Gasteiger partial charge in [-0.3, -0.25) is 10.2 Å². The van der Waals surface area contributed by atoms with Crippen molar-refractivity contribution in [3.63, 3.8) is 0 Å². The van der Waals surface area contributed by atoms with E-state index in [9.17, 15) is 4.79 Å². The number of piperidine rings is 1. The van der Waals surface area contributed by atoms with E-state index in [4.69, 9.17) is 11.1 Å². The lowest BCUT2D eigenvalue weighted by molar-refractivity contribution is -0.127. The number of guanidine groups is 1. The molecule has 0 aromatic carbocycles. The molecule has 1 rings (SSSR count). The van der Waals surface area contributed by atoms with Gasteiger partial charge in [0, 0.05) is 24.9 Å². The molecule has 0 unspecified atom stereocenters. The number of nitrogens with zero attached hydrogens (tertiary/aromatic N) is 1. The highest BCUT2D eigenvalue weighted by Gasteiger charge is 2.26. The fourth-order valence-electron chi connectivity index (χ4n) is 1.88. The number of nitrogens with one attached hydrogen (secondary N) is 1. The molecular weight excluding hydrogens is 178 g/mol. The van der Waals surface area contributed by atoms with E-state index in [1.807, 2.05) is 18.7 Å². The topological polar surface area (TPSA) is 70.2 Å². The maximum Gasteiger partial charge on any atom is 0.188 e. The van der Waals surface area contributed by atoms with E-state index in [0.29, 0.717) is 5.78 Å². The Bertz CT molecular complexity index is 230. The lowest BCUT2D eigenvalue weighted by Crippen LogP contribution is -2.43. The third kappa shape index (κ3) is 2.47. The predicted molar refractivity (Wildman–Crippen MR) is 56.1 cm³/mol. The summed E-state index contributed by atoms with van der Waals surface area (Å²) in [6.45, 7) is 5.39. The van der Waals surface area contributed by atoms with Crippen LogP contribution in [0, 0.1) is 17.2 Å². The molecule has 0 saturated carbocycles. The van der Waals surface area contributed by atoms with Crippen LogP contribution in [0.2, 0.25) is 0 Å². The number of carbonyl (C=O) groups excluding carboxylic acids is 1. The zero-order valence-corrected chi connectivity index (χ0v) is 8.92. The van der Waals surface area contributed by atoms with Crippen molar-refractivity contribution in [3.8, 4) is 0 Å². The van der Waals surface area contributed by atoms with Crippen molar-refractivity contribution in [3.05, 3.63) is 0 Å². The van der Waals surface area contributed by atoms with Crippen molar-refractivity contribution < 1.29 is 4.79 Å². The van der Waals surface area contributed by atoms with E-state index >= 15 is 0 Å². The van der Waals surface area contributed by atoms with Gasteiger partial charge in [0.2, 0.25) is 0 Å². The van der Waals surface area contributed by atoms with Crippen LogP contribution in [-0.4, -0.2) is 29.7 Å². The minimum Gasteiger partial charge on any atom is -0.370 e. The van der Waals surface area contributed by atoms with Crippen molar-refractivity contribution in [2.45, 2.75) is 26.7 Å². The Morgan fingerprint density at radius 1 is 1.43 bits per heavy atom. The van der Waals surface area contributed by atoms with Gasteiger partial charge in [-0.05, 0) is 12.8 Å². The van der Waals surface area contributed by atoms with Gasteiger partial charge in [0.05, 0.1) is 0 Å². The molecule has 80 valence electrons. The van der Waals surface area contributed by atoms with E-state index in [-0.39, 0.29) is 17.8 Å². The Balaban J connectivity index is 2.43. The van der Waals surface area contributed by atoms with Gasteiger partial charge in [-0.1, -0.05) is 13.8 Å². The fourth-order valence-corrected chi connectivity index (χ4v) is 1.88. The summed E-state index contributed by atoms with van der Waals surface area (Å²) < 4.78 is 0. The van der Waals surface area contributed by atoms with Crippen molar-refractivity contribution >= 4 is 11.7 Å². The monoisotopic (exact) mass is 197 g/mol. The van der Waals surface area contributed by atoms with Crippen LogP contribution in [-0.2, 0) is 4.79 Å². The highest BCUT2D eigenvalue weighted by atomic mass is 16.1. The Kier molecular flexibility index (Phi) is 3.49. The first-order valence-electron chi connectivity index (χ1n) is 5.15. The normalized spacial score (nSPS) is 18.6. The summed E-state index contributed by atoms with van der Waals surface area (Å²) in [6, 6.07) is 0. The summed E-state index contributed by atoms with van der Waals surface area (Å²) in [6.07, 6.45) is 1.69. The molecule has 1 saturated heterocycles. The zero-order chi connectivity index (χ0) is 10.7. The Morgan fingerprint density at radius 3 is 2.29 bits per heavy atom. The molecule has 1 aliphatic heterocycles. The molecule has 14 heavy (non-hydrogen) atoms. The zero-order valence-electron chi connectivity index (χ0n) is 8.92. The number of hydrogen-bond acceptors (Lipinski definition) is 2. The molecule has 1 aliphatic rings. The van der Waals surface area contributed by atoms with Gasteiger partial charge in [-0.2, -0.15) is 0 Å². The van der Waals surface area contributed by atoms with Gasteiger partial charge < -0.3 is 10.6 Å². The van der Waals surface area contributed by atoms with Crippen LogP contribution in [0.4, 0.5) is 0 Å². The minimum absolute atomic E-state index is 0.125. The van der Waals surface area contributed by atoms with Crippen LogP contribution in [0.5, 0.6) is 0 Å². The highest BCUT2D eigenvalue weighted by Crippen LogP contribution is 2.20. The maximum atomic E-state index is 11.7. The SMILES string of the molecule is CC(C)C(=O)C1CCN(C(=N)N)CC1. The summed E-state index contributed by atoms with van der Waals surface area (Å²) in [5, 5.41) is 7.27. The molecule has 0 aromatic heterocycles. The van der Waals surface area contributed by atoms with E-state index in [1.165, 1.54) is 0 Å². The third-order valence-corrected chi connectivity index (χ3v) is 2.81. The largest absolute Gasteiger partial charge is 0.370 e. The highest BCUT2D eigenvalue weighted by molar-refractivity contribution is 5.83. The van der Waals surface area contributed by atoms with Crippen LogP contribution in [0.3, 0.4) is 0 Å². The third-order valence-electron chi connectivity index (χ3n) is 2.81. The molecular formula is C10H19N3O. The quantitative estimate of drug-likeness (QED) is 0.508. The van der Waals surface area contributed by atoms with Crippen molar-refractivity contribution in [1.82, 2.24) is 4.90 Å². The van der Waals surface area contributed by atoms with Gasteiger partial charge in [-0.15, -0.1) is 0 Å². The standard InChI is InChI=1S/C10H19N3O/c1-7(2)9(14)8-3-5-13(6-4-8)10(11)12/h7-8H,3-6H2,1-2H3,(H3,11,12). The van der Waals surface area contributed by atoms with Crippen LogP contribution in [0.15, 0.2) is 0 Å². The summed E-state index contributed by atoms with van der Waals surface area (Å²) in [5.74, 6) is 0.795. The predicted octanol–water partition coefficient (Wildman–Crippen LogP) is 0.817. The van der Waals surface area contributed by atoms with Gasteiger partial charge in [0.25, 0.3) is 0 Å². The van der Waals surface area contributed by atoms with E-state index in [1.54, 1.807) is 0 Å². The van der Waals surface area contributed by atoms with Gasteiger partial charge in [0.1, 0.15) is 5.78 Å². The molecule has 0 aromatic rings. The number of nitrogens with two attached hydrogens (primary N) is 1. The molecule has 1 fully saturated rings. The first-order chi connectivity index (χ1) is 6.52. The Morgan fingerprint density at radius 2 is 1.93 bits per heavy atom.